The number of pyridine rings is 2. The fourth-order valence-electron chi connectivity index (χ4n) is 5.87. The van der Waals surface area contributed by atoms with Crippen LogP contribution in [-0.4, -0.2) is 64.4 Å². The summed E-state index contributed by atoms with van der Waals surface area (Å²) in [5.74, 6) is -6.03. The predicted molar refractivity (Wildman–Crippen MR) is 211 cm³/mol. The van der Waals surface area contributed by atoms with Crippen molar-refractivity contribution in [2.24, 2.45) is 5.41 Å². The lowest BCUT2D eigenvalue weighted by Crippen LogP contribution is -2.36. The summed E-state index contributed by atoms with van der Waals surface area (Å²) >= 11 is 0. The lowest BCUT2D eigenvalue weighted by Gasteiger charge is -2.27. The molecule has 4 aromatic heterocycles. The smallest absolute Gasteiger partial charge is 0.407 e. The molecule has 0 aliphatic rings. The van der Waals surface area contributed by atoms with Crippen molar-refractivity contribution in [2.75, 3.05) is 13.6 Å². The Kier molecular flexibility index (Phi) is 14.6. The topological polar surface area (TPSA) is 156 Å². The molecule has 2 aromatic carbocycles. The summed E-state index contributed by atoms with van der Waals surface area (Å²) in [6, 6.07) is 12.3. The molecule has 0 radical (unpaired) electrons. The summed E-state index contributed by atoms with van der Waals surface area (Å²) in [5, 5.41) is 12.4. The molecule has 21 heteroatoms. The van der Waals surface area contributed by atoms with E-state index in [2.05, 4.69) is 15.3 Å². The maximum atomic E-state index is 14.5. The quantitative estimate of drug-likeness (QED) is 0.0970. The number of nitrogens with one attached hydrogen (secondary N) is 1. The van der Waals surface area contributed by atoms with Crippen LogP contribution in [0, 0.1) is 40.6 Å². The molecule has 0 atom stereocenters. The Labute approximate surface area is 347 Å². The number of rotatable bonds is 11. The maximum absolute atomic E-state index is 14.5. The Morgan fingerprint density at radius 2 is 1.15 bits per heavy atom. The highest BCUT2D eigenvalue weighted by Gasteiger charge is 2.30. The first-order valence-corrected chi connectivity index (χ1v) is 20.2. The number of benzene rings is 2. The molecule has 12 nitrogen and oxygen atoms in total. The molecule has 0 spiro atoms. The first-order chi connectivity index (χ1) is 27.6. The SMILES string of the molecule is CC(C)(C)CN(Cc1cc(-c2cccnc2F)n(S(=O)(=O)c2cc(F)ccc2F)c1)C(=O)O.CNCc1cc(-c2cccnc2F)n(S(=O)(=O)c2cc(F)ccc2F)c1.Cl. The van der Waals surface area contributed by atoms with Crippen molar-refractivity contribution in [3.8, 4) is 22.5 Å². The van der Waals surface area contributed by atoms with Gasteiger partial charge in [-0.25, -0.2) is 57.1 Å². The first-order valence-electron chi connectivity index (χ1n) is 17.3. The number of aromatic nitrogens is 4. The second-order valence-electron chi connectivity index (χ2n) is 14.1. The summed E-state index contributed by atoms with van der Waals surface area (Å²) < 4.78 is 138. The fraction of sp³-hybridized carbons (Fsp3) is 0.205. The molecule has 4 heterocycles. The lowest BCUT2D eigenvalue weighted by atomic mass is 9.96. The summed E-state index contributed by atoms with van der Waals surface area (Å²) in [6.45, 7) is 5.72. The van der Waals surface area contributed by atoms with Gasteiger partial charge in [0.1, 0.15) is 33.1 Å². The minimum Gasteiger partial charge on any atom is -0.465 e. The molecule has 320 valence electrons. The maximum Gasteiger partial charge on any atom is 0.407 e. The van der Waals surface area contributed by atoms with Crippen LogP contribution in [0.3, 0.4) is 0 Å². The van der Waals surface area contributed by atoms with E-state index < -0.39 is 76.5 Å². The van der Waals surface area contributed by atoms with Crippen molar-refractivity contribution in [2.45, 2.75) is 43.7 Å². The number of halogens is 7. The van der Waals surface area contributed by atoms with E-state index in [0.29, 0.717) is 34.3 Å². The van der Waals surface area contributed by atoms with Crippen molar-refractivity contribution in [1.82, 2.24) is 28.1 Å². The Balaban J connectivity index is 0.000000267. The van der Waals surface area contributed by atoms with Crippen LogP contribution in [0.2, 0.25) is 0 Å². The summed E-state index contributed by atoms with van der Waals surface area (Å²) in [6.07, 6.45) is 3.47. The van der Waals surface area contributed by atoms with Crippen molar-refractivity contribution < 1.29 is 53.1 Å². The average molecular weight is 899 g/mol. The van der Waals surface area contributed by atoms with Crippen LogP contribution in [0.1, 0.15) is 31.9 Å². The van der Waals surface area contributed by atoms with Crippen LogP contribution in [-0.2, 0) is 33.1 Å². The van der Waals surface area contributed by atoms with E-state index in [0.717, 1.165) is 33.3 Å². The van der Waals surface area contributed by atoms with E-state index >= 15 is 0 Å². The fourth-order valence-corrected chi connectivity index (χ4v) is 8.82. The molecule has 2 N–H and O–H groups in total. The normalized spacial score (nSPS) is 11.7. The molecule has 1 amide bonds. The molecule has 0 aliphatic carbocycles. The van der Waals surface area contributed by atoms with E-state index in [4.69, 9.17) is 0 Å². The second kappa shape index (κ2) is 18.7. The van der Waals surface area contributed by atoms with Gasteiger partial charge in [-0.3, -0.25) is 0 Å². The van der Waals surface area contributed by atoms with Crippen molar-refractivity contribution >= 4 is 38.5 Å². The largest absolute Gasteiger partial charge is 0.465 e. The molecule has 0 aliphatic heterocycles. The van der Waals surface area contributed by atoms with Gasteiger partial charge >= 0.3 is 6.09 Å². The van der Waals surface area contributed by atoms with Gasteiger partial charge in [-0.1, -0.05) is 20.8 Å². The van der Waals surface area contributed by atoms with E-state index in [1.807, 2.05) is 20.8 Å². The highest BCUT2D eigenvalue weighted by atomic mass is 35.5. The van der Waals surface area contributed by atoms with Crippen LogP contribution < -0.4 is 5.32 Å². The van der Waals surface area contributed by atoms with E-state index in [1.54, 1.807) is 7.05 Å². The zero-order valence-corrected chi connectivity index (χ0v) is 34.5. The highest BCUT2D eigenvalue weighted by molar-refractivity contribution is 7.90. The van der Waals surface area contributed by atoms with Crippen LogP contribution in [0.4, 0.5) is 31.1 Å². The molecular formula is C39H37ClF6N6O6S2. The van der Waals surface area contributed by atoms with Gasteiger partial charge in [0.25, 0.3) is 20.0 Å². The molecule has 60 heavy (non-hydrogen) atoms. The zero-order chi connectivity index (χ0) is 43.4. The molecule has 0 saturated carbocycles. The summed E-state index contributed by atoms with van der Waals surface area (Å²) in [7, 11) is -7.57. The molecule has 0 saturated heterocycles. The van der Waals surface area contributed by atoms with Crippen LogP contribution >= 0.6 is 12.4 Å². The minimum atomic E-state index is -4.72. The van der Waals surface area contributed by atoms with Gasteiger partial charge < -0.3 is 15.3 Å². The Bertz CT molecular complexity index is 2740. The number of carbonyl (C=O) groups is 1. The van der Waals surface area contributed by atoms with Crippen LogP contribution in [0.25, 0.3) is 22.5 Å². The van der Waals surface area contributed by atoms with Gasteiger partial charge in [0, 0.05) is 37.9 Å². The summed E-state index contributed by atoms with van der Waals surface area (Å²) in [4.78, 5) is 18.1. The van der Waals surface area contributed by atoms with E-state index in [9.17, 15) is 53.1 Å². The zero-order valence-electron chi connectivity index (χ0n) is 32.1. The van der Waals surface area contributed by atoms with Crippen molar-refractivity contribution in [1.29, 1.82) is 0 Å². The number of hydrogen-bond acceptors (Lipinski definition) is 8. The van der Waals surface area contributed by atoms with Gasteiger partial charge in [0.2, 0.25) is 11.9 Å². The van der Waals surface area contributed by atoms with E-state index in [-0.39, 0.29) is 53.6 Å². The minimum absolute atomic E-state index is 0. The van der Waals surface area contributed by atoms with Gasteiger partial charge in [-0.2, -0.15) is 8.78 Å². The Morgan fingerprint density at radius 3 is 1.55 bits per heavy atom. The third-order valence-corrected chi connectivity index (χ3v) is 11.7. The number of amides is 1. The van der Waals surface area contributed by atoms with Crippen molar-refractivity contribution in [3.63, 3.8) is 0 Å². The van der Waals surface area contributed by atoms with Gasteiger partial charge in [0.05, 0.1) is 29.1 Å². The van der Waals surface area contributed by atoms with Crippen LogP contribution in [0.5, 0.6) is 0 Å². The van der Waals surface area contributed by atoms with Gasteiger partial charge in [-0.15, -0.1) is 12.4 Å². The predicted octanol–water partition coefficient (Wildman–Crippen LogP) is 8.08. The monoisotopic (exact) mass is 898 g/mol. The van der Waals surface area contributed by atoms with Crippen LogP contribution in [0.15, 0.2) is 107 Å². The third-order valence-electron chi connectivity index (χ3n) is 8.31. The number of carboxylic acid groups (broad SMARTS) is 1. The Morgan fingerprint density at radius 1 is 0.717 bits per heavy atom. The molecule has 0 unspecified atom stereocenters. The molecule has 0 bridgehead atoms. The molecule has 0 fully saturated rings. The van der Waals surface area contributed by atoms with Crippen molar-refractivity contribution in [3.05, 3.63) is 144 Å². The molecular weight excluding hydrogens is 862 g/mol. The average Bonchev–Trinajstić information content (AvgIpc) is 3.79. The molecule has 6 rings (SSSR count). The standard InChI is InChI=1S/C22H22F3N3O4S.C17H14F3N3O2S.ClH/c1-22(2,3)13-27(21(29)30)11-14-9-18(16-5-4-8-26-20(16)25)28(12-14)33(31,32)19-10-15(23)6-7-17(19)24;1-21-9-11-7-15(13-3-2-6-22-17(13)20)23(10-11)26(24,25)16-8-12(18)4-5-14(16)19;/h4-10,12H,11,13H2,1-3H3,(H,29,30);2-8,10,21H,9H2,1H3;1H. The Hall–Kier alpha value is -5.70. The summed E-state index contributed by atoms with van der Waals surface area (Å²) in [5.41, 5.74) is -0.191. The van der Waals surface area contributed by atoms with Gasteiger partial charge in [0.15, 0.2) is 0 Å². The lowest BCUT2D eigenvalue weighted by molar-refractivity contribution is 0.123. The third kappa shape index (κ3) is 10.5. The number of hydrogen-bond donors (Lipinski definition) is 2. The number of nitrogens with zero attached hydrogens (tertiary/aromatic N) is 5. The first kappa shape index (κ1) is 47.0. The highest BCUT2D eigenvalue weighted by Crippen LogP contribution is 2.32. The van der Waals surface area contributed by atoms with Gasteiger partial charge in [-0.05, 0) is 96.4 Å². The van der Waals surface area contributed by atoms with E-state index in [1.165, 1.54) is 55.0 Å². The second-order valence-corrected chi connectivity index (χ2v) is 17.7. The molecule has 6 aromatic rings.